The van der Waals surface area contributed by atoms with Crippen molar-refractivity contribution in [1.82, 2.24) is 4.31 Å². The van der Waals surface area contributed by atoms with Gasteiger partial charge in [-0.05, 0) is 23.8 Å². The zero-order valence-electron chi connectivity index (χ0n) is 11.3. The Hall–Kier alpha value is -1.08. The molecule has 4 nitrogen and oxygen atoms in total. The minimum Gasteiger partial charge on any atom is -0.398 e. The molecule has 2 rings (SSSR count). The maximum atomic E-state index is 12.6. The molecule has 0 unspecified atom stereocenters. The molecular weight excluding hydrogens is 376 g/mol. The van der Waals surface area contributed by atoms with Crippen molar-refractivity contribution < 1.29 is 8.42 Å². The normalized spacial score (nSPS) is 11.8. The van der Waals surface area contributed by atoms with Crippen molar-refractivity contribution in [3.05, 3.63) is 57.5 Å². The molecule has 0 saturated heterocycles. The zero-order valence-corrected chi connectivity index (χ0v) is 14.4. The second-order valence-electron chi connectivity index (χ2n) is 4.51. The fraction of sp³-hybridized carbons (Fsp3) is 0.143. The first kappa shape index (κ1) is 16.3. The average Bonchev–Trinajstić information content (AvgIpc) is 2.40. The molecule has 0 fully saturated rings. The summed E-state index contributed by atoms with van der Waals surface area (Å²) in [5.74, 6) is 0. The second kappa shape index (κ2) is 6.36. The van der Waals surface area contributed by atoms with Gasteiger partial charge in [0.15, 0.2) is 0 Å². The monoisotopic (exact) mass is 388 g/mol. The number of sulfonamides is 1. The molecule has 2 N–H and O–H groups in total. The van der Waals surface area contributed by atoms with Gasteiger partial charge in [0.2, 0.25) is 10.0 Å². The smallest absolute Gasteiger partial charge is 0.246 e. The molecule has 0 aromatic heterocycles. The molecule has 0 aliphatic rings. The number of nitrogens with two attached hydrogens (primary N) is 1. The lowest BCUT2D eigenvalue weighted by molar-refractivity contribution is 0.466. The van der Waals surface area contributed by atoms with E-state index in [1.165, 1.54) is 23.5 Å². The Kier molecular flexibility index (Phi) is 4.93. The van der Waals surface area contributed by atoms with E-state index in [1.807, 2.05) is 24.3 Å². The van der Waals surface area contributed by atoms with Crippen LogP contribution >= 0.6 is 27.5 Å². The van der Waals surface area contributed by atoms with Crippen molar-refractivity contribution in [1.29, 1.82) is 0 Å². The van der Waals surface area contributed by atoms with Gasteiger partial charge in [0.1, 0.15) is 4.90 Å². The van der Waals surface area contributed by atoms with Gasteiger partial charge >= 0.3 is 0 Å². The van der Waals surface area contributed by atoms with Crippen LogP contribution in [0.25, 0.3) is 0 Å². The number of nitrogens with zero attached hydrogens (tertiary/aromatic N) is 1. The molecule has 0 atom stereocenters. The molecule has 0 bridgehead atoms. The van der Waals surface area contributed by atoms with Gasteiger partial charge in [0, 0.05) is 18.1 Å². The van der Waals surface area contributed by atoms with Crippen LogP contribution in [0.15, 0.2) is 51.8 Å². The average molecular weight is 390 g/mol. The van der Waals surface area contributed by atoms with E-state index in [-0.39, 0.29) is 22.2 Å². The highest BCUT2D eigenvalue weighted by molar-refractivity contribution is 9.10. The fourth-order valence-corrected chi connectivity index (χ4v) is 4.09. The first-order chi connectivity index (χ1) is 9.84. The molecule has 0 heterocycles. The van der Waals surface area contributed by atoms with Gasteiger partial charge in [-0.25, -0.2) is 8.42 Å². The molecule has 21 heavy (non-hydrogen) atoms. The summed E-state index contributed by atoms with van der Waals surface area (Å²) in [6, 6.07) is 12.1. The van der Waals surface area contributed by atoms with Crippen LogP contribution in [0.1, 0.15) is 5.56 Å². The highest BCUT2D eigenvalue weighted by Crippen LogP contribution is 2.30. The minimum absolute atomic E-state index is 0.0544. The van der Waals surface area contributed by atoms with Crippen LogP contribution < -0.4 is 5.73 Å². The number of hydrogen-bond acceptors (Lipinski definition) is 3. The summed E-state index contributed by atoms with van der Waals surface area (Å²) in [5, 5.41) is 0.119. The summed E-state index contributed by atoms with van der Waals surface area (Å²) < 4.78 is 27.3. The Labute approximate surface area is 137 Å². The minimum atomic E-state index is -3.76. The Morgan fingerprint density at radius 3 is 2.48 bits per heavy atom. The van der Waals surface area contributed by atoms with E-state index in [0.717, 1.165) is 10.0 Å². The van der Waals surface area contributed by atoms with Gasteiger partial charge in [0.05, 0.1) is 10.7 Å². The van der Waals surface area contributed by atoms with Crippen molar-refractivity contribution in [3.8, 4) is 0 Å². The van der Waals surface area contributed by atoms with E-state index < -0.39 is 10.0 Å². The van der Waals surface area contributed by atoms with Gasteiger partial charge in [-0.1, -0.05) is 51.8 Å². The maximum Gasteiger partial charge on any atom is 0.246 e. The molecule has 2 aromatic rings. The number of nitrogen functional groups attached to an aromatic ring is 1. The van der Waals surface area contributed by atoms with Crippen molar-refractivity contribution in [2.45, 2.75) is 11.4 Å². The lowest BCUT2D eigenvalue weighted by Gasteiger charge is -2.19. The highest BCUT2D eigenvalue weighted by atomic mass is 79.9. The third kappa shape index (κ3) is 3.40. The van der Waals surface area contributed by atoms with Crippen LogP contribution in [0, 0.1) is 0 Å². The van der Waals surface area contributed by atoms with Gasteiger partial charge in [-0.15, -0.1) is 0 Å². The number of halogens is 2. The Morgan fingerprint density at radius 1 is 1.19 bits per heavy atom. The molecule has 0 spiro atoms. The van der Waals surface area contributed by atoms with Crippen LogP contribution in [-0.4, -0.2) is 19.8 Å². The standard InChI is InChI=1S/C14H14BrClN2O2S/c1-18(9-10-5-2-3-6-11(10)15)21(19,20)14-12(16)7-4-8-13(14)17/h2-8H,9,17H2,1H3. The molecule has 7 heteroatoms. The van der Waals surface area contributed by atoms with Crippen LogP contribution in [0.2, 0.25) is 5.02 Å². The Balaban J connectivity index is 2.38. The predicted octanol–water partition coefficient (Wildman–Crippen LogP) is 3.51. The Morgan fingerprint density at radius 2 is 1.86 bits per heavy atom. The fourth-order valence-electron chi connectivity index (χ4n) is 1.90. The number of hydrogen-bond donors (Lipinski definition) is 1. The second-order valence-corrected chi connectivity index (χ2v) is 7.75. The lowest BCUT2D eigenvalue weighted by Crippen LogP contribution is -2.27. The van der Waals surface area contributed by atoms with Crippen LogP contribution in [0.3, 0.4) is 0 Å². The molecule has 2 aromatic carbocycles. The van der Waals surface area contributed by atoms with E-state index in [1.54, 1.807) is 6.07 Å². The molecule has 0 aliphatic heterocycles. The van der Waals surface area contributed by atoms with Crippen molar-refractivity contribution in [3.63, 3.8) is 0 Å². The van der Waals surface area contributed by atoms with Crippen molar-refractivity contribution in [2.75, 3.05) is 12.8 Å². The summed E-state index contributed by atoms with van der Waals surface area (Å²) in [6.45, 7) is 0.217. The molecule has 0 amide bonds. The summed E-state index contributed by atoms with van der Waals surface area (Å²) in [4.78, 5) is -0.0544. The third-order valence-corrected chi connectivity index (χ3v) is 6.14. The van der Waals surface area contributed by atoms with Gasteiger partial charge in [-0.2, -0.15) is 4.31 Å². The van der Waals surface area contributed by atoms with Gasteiger partial charge in [-0.3, -0.25) is 0 Å². The molecule has 0 radical (unpaired) electrons. The first-order valence-electron chi connectivity index (χ1n) is 6.08. The van der Waals surface area contributed by atoms with Crippen molar-refractivity contribution >= 4 is 43.2 Å². The maximum absolute atomic E-state index is 12.6. The van der Waals surface area contributed by atoms with E-state index in [9.17, 15) is 8.42 Å². The summed E-state index contributed by atoms with van der Waals surface area (Å²) in [6.07, 6.45) is 0. The van der Waals surface area contributed by atoms with Crippen molar-refractivity contribution in [2.24, 2.45) is 0 Å². The summed E-state index contributed by atoms with van der Waals surface area (Å²) in [5.41, 5.74) is 6.77. The SMILES string of the molecule is CN(Cc1ccccc1Br)S(=O)(=O)c1c(N)cccc1Cl. The number of benzene rings is 2. The molecular formula is C14H14BrClN2O2S. The third-order valence-electron chi connectivity index (χ3n) is 3.02. The van der Waals surface area contributed by atoms with Gasteiger partial charge in [0.25, 0.3) is 0 Å². The van der Waals surface area contributed by atoms with E-state index >= 15 is 0 Å². The summed E-state index contributed by atoms with van der Waals surface area (Å²) >= 11 is 9.40. The molecule has 0 saturated carbocycles. The largest absolute Gasteiger partial charge is 0.398 e. The Bertz CT molecular complexity index is 745. The topological polar surface area (TPSA) is 63.4 Å². The van der Waals surface area contributed by atoms with Crippen LogP contribution in [0.5, 0.6) is 0 Å². The number of rotatable bonds is 4. The van der Waals surface area contributed by atoms with Gasteiger partial charge < -0.3 is 5.73 Å². The molecule has 112 valence electrons. The van der Waals surface area contributed by atoms with E-state index in [0.29, 0.717) is 0 Å². The predicted molar refractivity (Wildman–Crippen MR) is 88.7 cm³/mol. The first-order valence-corrected chi connectivity index (χ1v) is 8.69. The van der Waals surface area contributed by atoms with E-state index in [4.69, 9.17) is 17.3 Å². The lowest BCUT2D eigenvalue weighted by atomic mass is 10.2. The van der Waals surface area contributed by atoms with Crippen LogP contribution in [-0.2, 0) is 16.6 Å². The van der Waals surface area contributed by atoms with Crippen LogP contribution in [0.4, 0.5) is 5.69 Å². The van der Waals surface area contributed by atoms with E-state index in [2.05, 4.69) is 15.9 Å². The highest BCUT2D eigenvalue weighted by Gasteiger charge is 2.26. The zero-order chi connectivity index (χ0) is 15.6. The summed E-state index contributed by atoms with van der Waals surface area (Å²) in [7, 11) is -2.26. The number of anilines is 1. The molecule has 0 aliphatic carbocycles. The quantitative estimate of drug-likeness (QED) is 0.814.